The first-order chi connectivity index (χ1) is 9.22. The molecule has 3 rings (SSSR count). The first kappa shape index (κ1) is 11.5. The highest BCUT2D eigenvalue weighted by Gasteiger charge is 2.05. The van der Waals surface area contributed by atoms with E-state index < -0.39 is 11.6 Å². The first-order valence-electron chi connectivity index (χ1n) is 5.45. The molecule has 1 N–H and O–H groups in total. The summed E-state index contributed by atoms with van der Waals surface area (Å²) < 4.78 is 27.7. The zero-order valence-electron chi connectivity index (χ0n) is 9.59. The molecule has 0 spiro atoms. The van der Waals surface area contributed by atoms with Crippen molar-refractivity contribution in [2.75, 3.05) is 5.32 Å². The van der Waals surface area contributed by atoms with Gasteiger partial charge in [0.25, 0.3) is 0 Å². The molecule has 0 fully saturated rings. The summed E-state index contributed by atoms with van der Waals surface area (Å²) in [7, 11) is 0. The Morgan fingerprint density at radius 1 is 1.16 bits per heavy atom. The summed E-state index contributed by atoms with van der Waals surface area (Å²) in [5.74, 6) is -0.497. The molecule has 0 aliphatic heterocycles. The number of fused-ring (bicyclic) bond motifs is 1. The zero-order valence-corrected chi connectivity index (χ0v) is 9.59. The molecule has 0 unspecified atom stereocenters. The van der Waals surface area contributed by atoms with Crippen LogP contribution in [0.2, 0.25) is 0 Å². The summed E-state index contributed by atoms with van der Waals surface area (Å²) in [6, 6.07) is 6.62. The minimum absolute atomic E-state index is 0.115. The fourth-order valence-corrected chi connectivity index (χ4v) is 1.61. The second-order valence-corrected chi connectivity index (χ2v) is 3.83. The quantitative estimate of drug-likeness (QED) is 0.773. The lowest BCUT2D eigenvalue weighted by Crippen LogP contribution is -2.06. The molecule has 0 aliphatic rings. The Morgan fingerprint density at radius 3 is 2.95 bits per heavy atom. The van der Waals surface area contributed by atoms with Crippen LogP contribution in [0.5, 0.6) is 0 Å². The number of halogens is 2. The van der Waals surface area contributed by atoms with Crippen LogP contribution in [0.25, 0.3) is 5.65 Å². The molecule has 0 bridgehead atoms. The molecular weight excluding hydrogens is 254 g/mol. The summed E-state index contributed by atoms with van der Waals surface area (Å²) in [5.41, 5.74) is 0.723. The Hall–Kier alpha value is -2.64. The fourth-order valence-electron chi connectivity index (χ4n) is 1.61. The number of aromatic nitrogens is 5. The third kappa shape index (κ3) is 2.32. The van der Waals surface area contributed by atoms with Crippen LogP contribution in [0.4, 0.5) is 14.6 Å². The van der Waals surface area contributed by atoms with Gasteiger partial charge < -0.3 is 5.32 Å². The van der Waals surface area contributed by atoms with Crippen LogP contribution in [0, 0.1) is 11.6 Å². The van der Waals surface area contributed by atoms with Crippen LogP contribution >= 0.6 is 0 Å². The van der Waals surface area contributed by atoms with Gasteiger partial charge in [-0.25, -0.2) is 8.78 Å². The summed E-state index contributed by atoms with van der Waals surface area (Å²) >= 11 is 0. The molecule has 0 saturated heterocycles. The first-order valence-corrected chi connectivity index (χ1v) is 5.45. The van der Waals surface area contributed by atoms with Gasteiger partial charge in [-0.05, 0) is 40.8 Å². The standard InChI is InChI=1S/C11H8F2N6/c12-8-1-2-9(13)7(5-8)6-14-10-3-4-11-15-17-18-19(11)16-10/h1-5H,6H2,(H,14,16). The number of benzene rings is 1. The van der Waals surface area contributed by atoms with Crippen molar-refractivity contribution in [2.24, 2.45) is 0 Å². The van der Waals surface area contributed by atoms with Crippen molar-refractivity contribution in [3.63, 3.8) is 0 Å². The summed E-state index contributed by atoms with van der Waals surface area (Å²) in [4.78, 5) is 0. The van der Waals surface area contributed by atoms with Gasteiger partial charge in [-0.1, -0.05) is 0 Å². The third-order valence-corrected chi connectivity index (χ3v) is 2.54. The van der Waals surface area contributed by atoms with Crippen molar-refractivity contribution in [2.45, 2.75) is 6.54 Å². The van der Waals surface area contributed by atoms with Gasteiger partial charge in [0.2, 0.25) is 0 Å². The van der Waals surface area contributed by atoms with E-state index in [-0.39, 0.29) is 12.1 Å². The van der Waals surface area contributed by atoms with Crippen LogP contribution in [-0.4, -0.2) is 25.3 Å². The van der Waals surface area contributed by atoms with Crippen molar-refractivity contribution in [3.05, 3.63) is 47.5 Å². The lowest BCUT2D eigenvalue weighted by Gasteiger charge is -2.06. The van der Waals surface area contributed by atoms with Gasteiger partial charge in [0.05, 0.1) is 0 Å². The average Bonchev–Trinajstić information content (AvgIpc) is 2.87. The molecule has 3 aromatic rings. The minimum atomic E-state index is -0.484. The number of rotatable bonds is 3. The maximum absolute atomic E-state index is 13.4. The van der Waals surface area contributed by atoms with Gasteiger partial charge in [-0.3, -0.25) is 0 Å². The summed E-state index contributed by atoms with van der Waals surface area (Å²) in [6.07, 6.45) is 0. The molecule has 0 atom stereocenters. The van der Waals surface area contributed by atoms with E-state index in [1.165, 1.54) is 4.63 Å². The number of nitrogens with one attached hydrogen (secondary N) is 1. The molecule has 0 aliphatic carbocycles. The highest BCUT2D eigenvalue weighted by molar-refractivity contribution is 5.42. The predicted molar refractivity (Wildman–Crippen MR) is 62.3 cm³/mol. The van der Waals surface area contributed by atoms with Crippen molar-refractivity contribution in [1.29, 1.82) is 0 Å². The van der Waals surface area contributed by atoms with Crippen molar-refractivity contribution in [3.8, 4) is 0 Å². The van der Waals surface area contributed by atoms with Gasteiger partial charge >= 0.3 is 0 Å². The lowest BCUT2D eigenvalue weighted by atomic mass is 10.2. The molecule has 0 radical (unpaired) electrons. The van der Waals surface area contributed by atoms with Gasteiger partial charge in [0.1, 0.15) is 17.5 Å². The van der Waals surface area contributed by atoms with E-state index >= 15 is 0 Å². The molecule has 19 heavy (non-hydrogen) atoms. The topological polar surface area (TPSA) is 68.0 Å². The van der Waals surface area contributed by atoms with E-state index in [0.717, 1.165) is 18.2 Å². The van der Waals surface area contributed by atoms with Gasteiger partial charge in [-0.15, -0.1) is 14.8 Å². The molecule has 8 heteroatoms. The maximum atomic E-state index is 13.4. The van der Waals surface area contributed by atoms with E-state index in [0.29, 0.717) is 11.5 Å². The third-order valence-electron chi connectivity index (χ3n) is 2.54. The minimum Gasteiger partial charge on any atom is -0.364 e. The lowest BCUT2D eigenvalue weighted by molar-refractivity contribution is 0.587. The monoisotopic (exact) mass is 262 g/mol. The molecule has 0 saturated carbocycles. The number of hydrogen-bond donors (Lipinski definition) is 1. The fraction of sp³-hybridized carbons (Fsp3) is 0.0909. The van der Waals surface area contributed by atoms with E-state index in [4.69, 9.17) is 0 Å². The zero-order chi connectivity index (χ0) is 13.2. The Bertz CT molecular complexity index is 726. The van der Waals surface area contributed by atoms with Crippen LogP contribution in [0.15, 0.2) is 30.3 Å². The van der Waals surface area contributed by atoms with Gasteiger partial charge in [0.15, 0.2) is 5.65 Å². The molecule has 96 valence electrons. The molecule has 2 heterocycles. The number of nitrogens with zero attached hydrogens (tertiary/aromatic N) is 5. The normalized spacial score (nSPS) is 10.8. The molecule has 2 aromatic heterocycles. The Labute approximate surface area is 106 Å². The number of anilines is 1. The van der Waals surface area contributed by atoms with E-state index in [1.54, 1.807) is 12.1 Å². The van der Waals surface area contributed by atoms with E-state index in [2.05, 4.69) is 25.9 Å². The van der Waals surface area contributed by atoms with Crippen molar-refractivity contribution < 1.29 is 8.78 Å². The highest BCUT2D eigenvalue weighted by Crippen LogP contribution is 2.12. The second kappa shape index (κ2) is 4.56. The van der Waals surface area contributed by atoms with Gasteiger partial charge in [0, 0.05) is 12.1 Å². The molecular formula is C11H8F2N6. The van der Waals surface area contributed by atoms with Crippen LogP contribution in [0.1, 0.15) is 5.56 Å². The maximum Gasteiger partial charge on any atom is 0.200 e. The second-order valence-electron chi connectivity index (χ2n) is 3.83. The Morgan fingerprint density at radius 2 is 2.05 bits per heavy atom. The summed E-state index contributed by atoms with van der Waals surface area (Å²) in [6.45, 7) is 0.115. The SMILES string of the molecule is Fc1ccc(F)c(CNc2ccc3nnnn3n2)c1. The van der Waals surface area contributed by atoms with Crippen LogP contribution in [-0.2, 0) is 6.54 Å². The molecule has 6 nitrogen and oxygen atoms in total. The van der Waals surface area contributed by atoms with E-state index in [9.17, 15) is 8.78 Å². The van der Waals surface area contributed by atoms with Crippen LogP contribution < -0.4 is 5.32 Å². The Kier molecular flexibility index (Phi) is 2.75. The van der Waals surface area contributed by atoms with Crippen molar-refractivity contribution in [1.82, 2.24) is 25.3 Å². The van der Waals surface area contributed by atoms with Crippen LogP contribution in [0.3, 0.4) is 0 Å². The molecule has 1 aromatic carbocycles. The van der Waals surface area contributed by atoms with Gasteiger partial charge in [-0.2, -0.15) is 0 Å². The molecule has 0 amide bonds. The number of hydrogen-bond acceptors (Lipinski definition) is 5. The Balaban J connectivity index is 1.79. The van der Waals surface area contributed by atoms with E-state index in [1.807, 2.05) is 0 Å². The largest absolute Gasteiger partial charge is 0.364 e. The predicted octanol–water partition coefficient (Wildman–Crippen LogP) is 1.41. The smallest absolute Gasteiger partial charge is 0.200 e. The summed E-state index contributed by atoms with van der Waals surface area (Å²) in [5, 5.41) is 17.7. The number of tetrazole rings is 1. The van der Waals surface area contributed by atoms with Crippen molar-refractivity contribution >= 4 is 11.5 Å². The average molecular weight is 262 g/mol. The highest BCUT2D eigenvalue weighted by atomic mass is 19.1.